The summed E-state index contributed by atoms with van der Waals surface area (Å²) in [5.74, 6) is -0.0536. The van der Waals surface area contributed by atoms with Gasteiger partial charge in [-0.1, -0.05) is 23.8 Å². The zero-order chi connectivity index (χ0) is 19.5. The van der Waals surface area contributed by atoms with Crippen LogP contribution in [0.3, 0.4) is 0 Å². The molecule has 4 rings (SSSR count). The number of hydrogen-bond donors (Lipinski definition) is 3. The topological polar surface area (TPSA) is 77.2 Å². The minimum absolute atomic E-state index is 0.0536. The molecule has 144 valence electrons. The number of carbonyl (C=O) groups excluding carboxylic acids is 2. The lowest BCUT2D eigenvalue weighted by Crippen LogP contribution is -2.47. The highest BCUT2D eigenvalue weighted by molar-refractivity contribution is 5.94. The second-order valence-electron chi connectivity index (χ2n) is 7.31. The second-order valence-corrected chi connectivity index (χ2v) is 7.31. The molecule has 0 aliphatic carbocycles. The van der Waals surface area contributed by atoms with Crippen LogP contribution in [0.1, 0.15) is 28.8 Å². The fraction of sp³-hybridized carbons (Fsp3) is 0.273. The van der Waals surface area contributed by atoms with Crippen LogP contribution in [0, 0.1) is 6.92 Å². The quantitative estimate of drug-likeness (QED) is 0.648. The van der Waals surface area contributed by atoms with Crippen LogP contribution in [0.4, 0.5) is 10.5 Å². The Labute approximate surface area is 163 Å². The van der Waals surface area contributed by atoms with Crippen molar-refractivity contribution >= 4 is 28.5 Å². The molecule has 3 amide bonds. The zero-order valence-electron chi connectivity index (χ0n) is 15.9. The summed E-state index contributed by atoms with van der Waals surface area (Å²) in [6, 6.07) is 15.4. The standard InChI is InChI=1S/C22H24N4O2/c1-15-2-4-17(5-3-15)21(27)24-18-9-12-26(13-10-18)22(28)25-19-7-6-16-8-11-23-20(16)14-19/h2-8,11,14,18,23H,9-10,12-13H2,1H3,(H,24,27)(H,25,28). The Morgan fingerprint density at radius 1 is 1.04 bits per heavy atom. The Bertz CT molecular complexity index is 985. The molecule has 1 aliphatic heterocycles. The zero-order valence-corrected chi connectivity index (χ0v) is 15.9. The number of nitrogens with one attached hydrogen (secondary N) is 3. The molecule has 0 atom stereocenters. The highest BCUT2D eigenvalue weighted by Crippen LogP contribution is 2.19. The highest BCUT2D eigenvalue weighted by Gasteiger charge is 2.24. The van der Waals surface area contributed by atoms with E-state index in [1.807, 2.05) is 61.7 Å². The van der Waals surface area contributed by atoms with E-state index < -0.39 is 0 Å². The maximum atomic E-state index is 12.5. The molecule has 0 spiro atoms. The van der Waals surface area contributed by atoms with Crippen molar-refractivity contribution in [3.63, 3.8) is 0 Å². The number of nitrogens with zero attached hydrogens (tertiary/aromatic N) is 1. The number of urea groups is 1. The summed E-state index contributed by atoms with van der Waals surface area (Å²) in [5.41, 5.74) is 3.57. The van der Waals surface area contributed by atoms with Crippen molar-refractivity contribution in [2.24, 2.45) is 0 Å². The summed E-state index contributed by atoms with van der Waals surface area (Å²) >= 11 is 0. The van der Waals surface area contributed by atoms with E-state index in [1.54, 1.807) is 4.90 Å². The van der Waals surface area contributed by atoms with Crippen LogP contribution in [0.5, 0.6) is 0 Å². The summed E-state index contributed by atoms with van der Waals surface area (Å²) in [7, 11) is 0. The second kappa shape index (κ2) is 7.76. The molecule has 0 saturated carbocycles. The van der Waals surface area contributed by atoms with E-state index in [1.165, 1.54) is 0 Å². The Kier molecular flexibility index (Phi) is 5.02. The molecule has 0 unspecified atom stereocenters. The number of anilines is 1. The molecule has 6 heteroatoms. The van der Waals surface area contributed by atoms with Gasteiger partial charge in [0.1, 0.15) is 0 Å². The first-order valence-electron chi connectivity index (χ1n) is 9.59. The summed E-state index contributed by atoms with van der Waals surface area (Å²) in [5, 5.41) is 7.15. The van der Waals surface area contributed by atoms with E-state index in [0.29, 0.717) is 18.7 Å². The number of likely N-dealkylation sites (tertiary alicyclic amines) is 1. The van der Waals surface area contributed by atoms with Crippen molar-refractivity contribution in [1.29, 1.82) is 0 Å². The number of aryl methyl sites for hydroxylation is 1. The molecule has 0 bridgehead atoms. The van der Waals surface area contributed by atoms with Gasteiger partial charge in [-0.05, 0) is 55.5 Å². The number of rotatable bonds is 3. The van der Waals surface area contributed by atoms with Gasteiger partial charge < -0.3 is 20.5 Å². The fourth-order valence-electron chi connectivity index (χ4n) is 3.53. The van der Waals surface area contributed by atoms with E-state index >= 15 is 0 Å². The van der Waals surface area contributed by atoms with Crippen LogP contribution in [-0.2, 0) is 0 Å². The molecular weight excluding hydrogens is 352 g/mol. The fourth-order valence-corrected chi connectivity index (χ4v) is 3.53. The average Bonchev–Trinajstić information content (AvgIpc) is 3.17. The van der Waals surface area contributed by atoms with Crippen LogP contribution in [0.15, 0.2) is 54.7 Å². The van der Waals surface area contributed by atoms with E-state index in [-0.39, 0.29) is 18.0 Å². The first-order chi connectivity index (χ1) is 13.6. The molecule has 3 aromatic rings. The number of piperidine rings is 1. The van der Waals surface area contributed by atoms with Gasteiger partial charge in [-0.3, -0.25) is 4.79 Å². The van der Waals surface area contributed by atoms with Gasteiger partial charge in [0, 0.05) is 42.1 Å². The van der Waals surface area contributed by atoms with Gasteiger partial charge in [0.05, 0.1) is 0 Å². The van der Waals surface area contributed by atoms with E-state index in [2.05, 4.69) is 15.6 Å². The lowest BCUT2D eigenvalue weighted by Gasteiger charge is -2.32. The Morgan fingerprint density at radius 3 is 2.54 bits per heavy atom. The number of hydrogen-bond acceptors (Lipinski definition) is 2. The molecule has 0 radical (unpaired) electrons. The van der Waals surface area contributed by atoms with Gasteiger partial charge >= 0.3 is 6.03 Å². The molecule has 1 saturated heterocycles. The number of carbonyl (C=O) groups is 2. The Hall–Kier alpha value is -3.28. The number of aromatic amines is 1. The molecule has 6 nitrogen and oxygen atoms in total. The predicted molar refractivity (Wildman–Crippen MR) is 111 cm³/mol. The van der Waals surface area contributed by atoms with Crippen molar-refractivity contribution in [2.45, 2.75) is 25.8 Å². The van der Waals surface area contributed by atoms with Crippen LogP contribution in [0.25, 0.3) is 10.9 Å². The van der Waals surface area contributed by atoms with Crippen LogP contribution >= 0.6 is 0 Å². The number of aromatic nitrogens is 1. The monoisotopic (exact) mass is 376 g/mol. The molecule has 1 aliphatic rings. The van der Waals surface area contributed by atoms with Crippen molar-refractivity contribution < 1.29 is 9.59 Å². The third kappa shape index (κ3) is 4.01. The third-order valence-corrected chi connectivity index (χ3v) is 5.24. The first kappa shape index (κ1) is 18.1. The Morgan fingerprint density at radius 2 is 1.79 bits per heavy atom. The summed E-state index contributed by atoms with van der Waals surface area (Å²) in [6.45, 7) is 3.24. The molecular formula is C22H24N4O2. The van der Waals surface area contributed by atoms with E-state index in [9.17, 15) is 9.59 Å². The van der Waals surface area contributed by atoms with Crippen molar-refractivity contribution in [2.75, 3.05) is 18.4 Å². The van der Waals surface area contributed by atoms with Crippen LogP contribution in [0.2, 0.25) is 0 Å². The normalized spacial score (nSPS) is 14.8. The number of H-pyrrole nitrogens is 1. The largest absolute Gasteiger partial charge is 0.361 e. The first-order valence-corrected chi connectivity index (χ1v) is 9.59. The average molecular weight is 376 g/mol. The lowest BCUT2D eigenvalue weighted by molar-refractivity contribution is 0.0919. The van der Waals surface area contributed by atoms with Crippen molar-refractivity contribution in [3.05, 3.63) is 65.9 Å². The predicted octanol–water partition coefficient (Wildman–Crippen LogP) is 3.90. The van der Waals surface area contributed by atoms with Gasteiger partial charge in [0.15, 0.2) is 0 Å². The highest BCUT2D eigenvalue weighted by atomic mass is 16.2. The number of benzene rings is 2. The SMILES string of the molecule is Cc1ccc(C(=O)NC2CCN(C(=O)Nc3ccc4cc[nH]c4c3)CC2)cc1. The summed E-state index contributed by atoms with van der Waals surface area (Å²) in [6.07, 6.45) is 3.38. The van der Waals surface area contributed by atoms with E-state index in [0.717, 1.165) is 35.0 Å². The molecule has 2 heterocycles. The summed E-state index contributed by atoms with van der Waals surface area (Å²) in [4.78, 5) is 29.8. The third-order valence-electron chi connectivity index (χ3n) is 5.24. The van der Waals surface area contributed by atoms with Crippen molar-refractivity contribution in [1.82, 2.24) is 15.2 Å². The summed E-state index contributed by atoms with van der Waals surface area (Å²) < 4.78 is 0. The lowest BCUT2D eigenvalue weighted by atomic mass is 10.0. The minimum atomic E-state index is -0.103. The van der Waals surface area contributed by atoms with Crippen LogP contribution in [-0.4, -0.2) is 41.0 Å². The van der Waals surface area contributed by atoms with Gasteiger partial charge in [-0.15, -0.1) is 0 Å². The maximum Gasteiger partial charge on any atom is 0.321 e. The molecule has 1 aromatic heterocycles. The molecule has 2 aromatic carbocycles. The van der Waals surface area contributed by atoms with Gasteiger partial charge in [-0.25, -0.2) is 4.79 Å². The minimum Gasteiger partial charge on any atom is -0.361 e. The molecule has 1 fully saturated rings. The molecule has 28 heavy (non-hydrogen) atoms. The smallest absolute Gasteiger partial charge is 0.321 e. The molecule has 3 N–H and O–H groups in total. The number of fused-ring (bicyclic) bond motifs is 1. The number of amides is 3. The van der Waals surface area contributed by atoms with Crippen molar-refractivity contribution in [3.8, 4) is 0 Å². The van der Waals surface area contributed by atoms with Crippen LogP contribution < -0.4 is 10.6 Å². The maximum absolute atomic E-state index is 12.5. The van der Waals surface area contributed by atoms with Gasteiger partial charge in [-0.2, -0.15) is 0 Å². The van der Waals surface area contributed by atoms with Gasteiger partial charge in [0.25, 0.3) is 5.91 Å². The Balaban J connectivity index is 1.29. The van der Waals surface area contributed by atoms with E-state index in [4.69, 9.17) is 0 Å². The van der Waals surface area contributed by atoms with Gasteiger partial charge in [0.2, 0.25) is 0 Å².